The predicted octanol–water partition coefficient (Wildman–Crippen LogP) is 5.27. The monoisotopic (exact) mass is 377 g/mol. The topological polar surface area (TPSA) is 44.4 Å². The summed E-state index contributed by atoms with van der Waals surface area (Å²) in [6, 6.07) is 19.7. The minimum absolute atomic E-state index is 0.0876. The van der Waals surface area contributed by atoms with E-state index in [2.05, 4.69) is 40.7 Å². The molecule has 148 valence electrons. The second-order valence-corrected chi connectivity index (χ2v) is 8.15. The maximum absolute atomic E-state index is 12.8. The molecule has 4 heteroatoms. The van der Waals surface area contributed by atoms with Crippen molar-refractivity contribution < 1.29 is 4.79 Å². The predicted molar refractivity (Wildman–Crippen MR) is 115 cm³/mol. The van der Waals surface area contributed by atoms with E-state index >= 15 is 0 Å². The first-order valence-electron chi connectivity index (χ1n) is 10.7. The average molecular weight is 378 g/mol. The molecule has 2 bridgehead atoms. The molecule has 0 radical (unpaired) electrons. The first kappa shape index (κ1) is 19.0. The van der Waals surface area contributed by atoms with Crippen molar-refractivity contribution in [3.05, 3.63) is 54.6 Å². The molecule has 0 spiro atoms. The van der Waals surface area contributed by atoms with Gasteiger partial charge in [0.15, 0.2) is 0 Å². The molecule has 0 unspecified atom stereocenters. The van der Waals surface area contributed by atoms with Crippen LogP contribution in [0, 0.1) is 0 Å². The molecule has 2 heterocycles. The van der Waals surface area contributed by atoms with Crippen LogP contribution in [0.15, 0.2) is 54.6 Å². The Balaban J connectivity index is 1.41. The number of amides is 2. The van der Waals surface area contributed by atoms with Crippen molar-refractivity contribution in [2.24, 2.45) is 0 Å². The van der Waals surface area contributed by atoms with Crippen LogP contribution in [0.5, 0.6) is 0 Å². The van der Waals surface area contributed by atoms with Crippen molar-refractivity contribution in [2.75, 3.05) is 11.9 Å². The zero-order valence-corrected chi connectivity index (χ0v) is 16.7. The quantitative estimate of drug-likeness (QED) is 0.745. The molecule has 2 saturated heterocycles. The number of urea groups is 1. The Kier molecular flexibility index (Phi) is 5.96. The zero-order valence-electron chi connectivity index (χ0n) is 16.7. The van der Waals surface area contributed by atoms with Gasteiger partial charge < -0.3 is 10.6 Å². The number of carbonyl (C=O) groups excluding carboxylic acids is 1. The number of nitrogens with one attached hydrogen (secondary N) is 2. The molecule has 28 heavy (non-hydrogen) atoms. The van der Waals surface area contributed by atoms with Gasteiger partial charge in [-0.2, -0.15) is 0 Å². The van der Waals surface area contributed by atoms with Gasteiger partial charge in [-0.3, -0.25) is 4.90 Å². The van der Waals surface area contributed by atoms with Crippen molar-refractivity contribution in [3.8, 4) is 11.1 Å². The SMILES string of the molecule is CCCN1[C@H]2CCC[C@H]1CC(NC(=O)Nc1ccccc1-c1ccccc1)C2. The fraction of sp³-hybridized carbons (Fsp3) is 0.458. The highest BCUT2D eigenvalue weighted by molar-refractivity contribution is 5.94. The Morgan fingerprint density at radius 1 is 1.00 bits per heavy atom. The summed E-state index contributed by atoms with van der Waals surface area (Å²) in [5, 5.41) is 6.36. The van der Waals surface area contributed by atoms with Crippen LogP contribution in [-0.4, -0.2) is 35.6 Å². The van der Waals surface area contributed by atoms with Crippen molar-refractivity contribution in [2.45, 2.75) is 63.6 Å². The summed E-state index contributed by atoms with van der Waals surface area (Å²) in [5.74, 6) is 0. The van der Waals surface area contributed by atoms with Crippen LogP contribution in [0.25, 0.3) is 11.1 Å². The highest BCUT2D eigenvalue weighted by Crippen LogP contribution is 2.34. The van der Waals surface area contributed by atoms with Gasteiger partial charge in [0.1, 0.15) is 0 Å². The van der Waals surface area contributed by atoms with Crippen molar-refractivity contribution in [3.63, 3.8) is 0 Å². The highest BCUT2D eigenvalue weighted by Gasteiger charge is 2.38. The summed E-state index contributed by atoms with van der Waals surface area (Å²) < 4.78 is 0. The Morgan fingerprint density at radius 2 is 1.68 bits per heavy atom. The third-order valence-corrected chi connectivity index (χ3v) is 6.20. The molecule has 2 N–H and O–H groups in total. The maximum Gasteiger partial charge on any atom is 0.319 e. The van der Waals surface area contributed by atoms with E-state index in [0.717, 1.165) is 29.7 Å². The number of hydrogen-bond acceptors (Lipinski definition) is 2. The number of para-hydroxylation sites is 1. The van der Waals surface area contributed by atoms with E-state index in [0.29, 0.717) is 12.1 Å². The Hall–Kier alpha value is -2.33. The smallest absolute Gasteiger partial charge is 0.319 e. The maximum atomic E-state index is 12.8. The molecule has 2 atom stereocenters. The molecular weight excluding hydrogens is 346 g/mol. The fourth-order valence-corrected chi connectivity index (χ4v) is 5.03. The number of hydrogen-bond donors (Lipinski definition) is 2. The molecular formula is C24H31N3O. The molecule has 0 aliphatic carbocycles. The van der Waals surface area contributed by atoms with Crippen molar-refractivity contribution in [1.29, 1.82) is 0 Å². The summed E-state index contributed by atoms with van der Waals surface area (Å²) in [7, 11) is 0. The first-order valence-corrected chi connectivity index (χ1v) is 10.7. The van der Waals surface area contributed by atoms with Crippen LogP contribution in [0.1, 0.15) is 45.4 Å². The fourth-order valence-electron chi connectivity index (χ4n) is 5.03. The van der Waals surface area contributed by atoms with Gasteiger partial charge in [-0.05, 0) is 50.3 Å². The summed E-state index contributed by atoms with van der Waals surface area (Å²) in [5.41, 5.74) is 3.02. The van der Waals surface area contributed by atoms with Crippen LogP contribution in [0.2, 0.25) is 0 Å². The van der Waals surface area contributed by atoms with Gasteiger partial charge in [-0.25, -0.2) is 4.79 Å². The largest absolute Gasteiger partial charge is 0.335 e. The van der Waals surface area contributed by atoms with Gasteiger partial charge in [-0.1, -0.05) is 61.9 Å². The molecule has 2 aliphatic rings. The lowest BCUT2D eigenvalue weighted by Gasteiger charge is -2.49. The van der Waals surface area contributed by atoms with Crippen LogP contribution in [0.4, 0.5) is 10.5 Å². The standard InChI is InChI=1S/C24H31N3O/c1-2-15-27-20-11-8-12-21(27)17-19(16-20)25-24(28)26-23-14-7-6-13-22(23)18-9-4-3-5-10-18/h3-7,9-10,13-14,19-21H,2,8,11-12,15-17H2,1H3,(H2,25,26,28)/t20-,21-/m0/s1. The zero-order chi connectivity index (χ0) is 19.3. The van der Waals surface area contributed by atoms with Crippen molar-refractivity contribution >= 4 is 11.7 Å². The molecule has 2 aromatic rings. The summed E-state index contributed by atoms with van der Waals surface area (Å²) in [6.07, 6.45) is 7.23. The van der Waals surface area contributed by atoms with Gasteiger partial charge in [0, 0.05) is 23.7 Å². The van der Waals surface area contributed by atoms with E-state index in [9.17, 15) is 4.79 Å². The van der Waals surface area contributed by atoms with Crippen LogP contribution in [-0.2, 0) is 0 Å². The third kappa shape index (κ3) is 4.22. The molecule has 2 fully saturated rings. The van der Waals surface area contributed by atoms with E-state index < -0.39 is 0 Å². The number of anilines is 1. The van der Waals surface area contributed by atoms with E-state index in [1.807, 2.05) is 36.4 Å². The molecule has 4 rings (SSSR count). The Morgan fingerprint density at radius 3 is 2.39 bits per heavy atom. The number of fused-ring (bicyclic) bond motifs is 2. The number of nitrogens with zero attached hydrogens (tertiary/aromatic N) is 1. The Bertz CT molecular complexity index is 777. The van der Waals surface area contributed by atoms with Crippen LogP contribution >= 0.6 is 0 Å². The van der Waals surface area contributed by atoms with Gasteiger partial charge >= 0.3 is 6.03 Å². The Labute approximate surface area is 168 Å². The molecule has 0 saturated carbocycles. The molecule has 2 aliphatic heterocycles. The molecule has 2 aromatic carbocycles. The van der Waals surface area contributed by atoms with E-state index in [1.54, 1.807) is 0 Å². The summed E-state index contributed by atoms with van der Waals surface area (Å²) in [6.45, 7) is 3.45. The number of rotatable bonds is 5. The second-order valence-electron chi connectivity index (χ2n) is 8.15. The first-order chi connectivity index (χ1) is 13.7. The second kappa shape index (κ2) is 8.78. The van der Waals surface area contributed by atoms with Crippen molar-refractivity contribution in [1.82, 2.24) is 10.2 Å². The van der Waals surface area contributed by atoms with E-state index in [1.165, 1.54) is 32.2 Å². The lowest BCUT2D eigenvalue weighted by Crippen LogP contribution is -2.57. The van der Waals surface area contributed by atoms with E-state index in [-0.39, 0.29) is 12.1 Å². The number of carbonyl (C=O) groups is 1. The van der Waals surface area contributed by atoms with Crippen LogP contribution < -0.4 is 10.6 Å². The van der Waals surface area contributed by atoms with E-state index in [4.69, 9.17) is 0 Å². The summed E-state index contributed by atoms with van der Waals surface area (Å²) in [4.78, 5) is 15.5. The lowest BCUT2D eigenvalue weighted by molar-refractivity contribution is 0.0272. The molecule has 4 nitrogen and oxygen atoms in total. The number of piperidine rings is 2. The van der Waals surface area contributed by atoms with Gasteiger partial charge in [0.25, 0.3) is 0 Å². The summed E-state index contributed by atoms with van der Waals surface area (Å²) >= 11 is 0. The van der Waals surface area contributed by atoms with Crippen LogP contribution in [0.3, 0.4) is 0 Å². The normalized spacial score (nSPS) is 24.5. The average Bonchev–Trinajstić information content (AvgIpc) is 2.70. The highest BCUT2D eigenvalue weighted by atomic mass is 16.2. The van der Waals surface area contributed by atoms with Gasteiger partial charge in [0.2, 0.25) is 0 Å². The van der Waals surface area contributed by atoms with Gasteiger partial charge in [-0.15, -0.1) is 0 Å². The molecule has 0 aromatic heterocycles. The lowest BCUT2D eigenvalue weighted by atomic mass is 9.81. The van der Waals surface area contributed by atoms with Gasteiger partial charge in [0.05, 0.1) is 5.69 Å². The number of benzene rings is 2. The minimum atomic E-state index is -0.0876. The minimum Gasteiger partial charge on any atom is -0.335 e. The molecule has 2 amide bonds. The third-order valence-electron chi connectivity index (χ3n) is 6.20.